The number of fused-ring (bicyclic) bond motifs is 1. The number of H-pyrrole nitrogens is 2. The topological polar surface area (TPSA) is 86.4 Å². The van der Waals surface area contributed by atoms with Gasteiger partial charge in [-0.2, -0.15) is 5.10 Å². The van der Waals surface area contributed by atoms with E-state index in [1.54, 1.807) is 18.3 Å². The third kappa shape index (κ3) is 3.89. The lowest BCUT2D eigenvalue weighted by Crippen LogP contribution is -2.18. The summed E-state index contributed by atoms with van der Waals surface area (Å²) in [5.41, 5.74) is 6.91. The lowest BCUT2D eigenvalue weighted by Gasteiger charge is -2.14. The first-order chi connectivity index (χ1) is 16.2. The van der Waals surface area contributed by atoms with Crippen molar-refractivity contribution < 1.29 is 4.39 Å². The Morgan fingerprint density at radius 2 is 1.82 bits per heavy atom. The molecule has 164 valence electrons. The summed E-state index contributed by atoms with van der Waals surface area (Å²) in [4.78, 5) is 19.3. The van der Waals surface area contributed by atoms with E-state index in [1.165, 1.54) is 30.5 Å². The molecule has 2 N–H and O–H groups in total. The number of hydrogen-bond donors (Lipinski definition) is 2. The molecule has 1 saturated heterocycles. The van der Waals surface area contributed by atoms with Gasteiger partial charge in [0.2, 0.25) is 0 Å². The van der Waals surface area contributed by atoms with E-state index in [1.807, 2.05) is 24.5 Å². The Hall–Kier alpha value is -3.91. The van der Waals surface area contributed by atoms with Gasteiger partial charge in [0.25, 0.3) is 0 Å². The zero-order valence-corrected chi connectivity index (χ0v) is 17.9. The maximum atomic E-state index is 13.4. The lowest BCUT2D eigenvalue weighted by atomic mass is 10.1. The van der Waals surface area contributed by atoms with Crippen LogP contribution in [0.2, 0.25) is 0 Å². The van der Waals surface area contributed by atoms with Gasteiger partial charge in [-0.1, -0.05) is 12.1 Å². The van der Waals surface area contributed by atoms with Crippen molar-refractivity contribution in [1.29, 1.82) is 0 Å². The highest BCUT2D eigenvalue weighted by molar-refractivity contribution is 5.91. The zero-order chi connectivity index (χ0) is 22.2. The minimum absolute atomic E-state index is 0.269. The largest absolute Gasteiger partial charge is 0.321 e. The number of benzene rings is 1. The molecule has 0 saturated carbocycles. The highest BCUT2D eigenvalue weighted by Gasteiger charge is 2.16. The summed E-state index contributed by atoms with van der Waals surface area (Å²) in [6, 6.07) is 12.4. The molecular formula is C25H22FN7. The van der Waals surface area contributed by atoms with Gasteiger partial charge in [-0.25, -0.2) is 14.4 Å². The monoisotopic (exact) mass is 439 g/mol. The van der Waals surface area contributed by atoms with Crippen LogP contribution in [0, 0.1) is 5.82 Å². The minimum atomic E-state index is -0.269. The number of aromatic nitrogens is 6. The average Bonchev–Trinajstić information content (AvgIpc) is 3.60. The van der Waals surface area contributed by atoms with E-state index >= 15 is 0 Å². The van der Waals surface area contributed by atoms with E-state index < -0.39 is 0 Å². The Morgan fingerprint density at radius 1 is 0.970 bits per heavy atom. The zero-order valence-electron chi connectivity index (χ0n) is 17.9. The first-order valence-electron chi connectivity index (χ1n) is 11.1. The van der Waals surface area contributed by atoms with Crippen molar-refractivity contribution in [1.82, 2.24) is 35.0 Å². The molecule has 8 heteroatoms. The van der Waals surface area contributed by atoms with Crippen LogP contribution in [0.25, 0.3) is 45.1 Å². The molecule has 5 heterocycles. The lowest BCUT2D eigenvalue weighted by molar-refractivity contribution is 0.331. The molecule has 1 aromatic carbocycles. The maximum Gasteiger partial charge on any atom is 0.160 e. The second-order valence-corrected chi connectivity index (χ2v) is 8.38. The van der Waals surface area contributed by atoms with E-state index in [0.29, 0.717) is 17.2 Å². The van der Waals surface area contributed by atoms with Crippen LogP contribution < -0.4 is 0 Å². The number of hydrogen-bond acceptors (Lipinski definition) is 5. The van der Waals surface area contributed by atoms with Gasteiger partial charge in [0.05, 0.1) is 5.69 Å². The Labute approximate surface area is 189 Å². The van der Waals surface area contributed by atoms with Crippen LogP contribution in [0.4, 0.5) is 4.39 Å². The van der Waals surface area contributed by atoms with Gasteiger partial charge in [-0.05, 0) is 67.4 Å². The van der Waals surface area contributed by atoms with Crippen LogP contribution >= 0.6 is 0 Å². The molecule has 1 aliphatic rings. The average molecular weight is 439 g/mol. The van der Waals surface area contributed by atoms with Gasteiger partial charge < -0.3 is 4.98 Å². The van der Waals surface area contributed by atoms with Crippen molar-refractivity contribution in [3.05, 3.63) is 72.4 Å². The number of nitrogens with one attached hydrogen (secondary N) is 2. The summed E-state index contributed by atoms with van der Waals surface area (Å²) >= 11 is 0. The summed E-state index contributed by atoms with van der Waals surface area (Å²) in [5.74, 6) is 0.352. The molecule has 0 bridgehead atoms. The van der Waals surface area contributed by atoms with Crippen molar-refractivity contribution >= 4 is 11.2 Å². The number of pyridine rings is 2. The van der Waals surface area contributed by atoms with Gasteiger partial charge >= 0.3 is 0 Å². The molecule has 0 unspecified atom stereocenters. The Kier molecular flexibility index (Phi) is 4.92. The fourth-order valence-corrected chi connectivity index (χ4v) is 4.41. The van der Waals surface area contributed by atoms with Crippen molar-refractivity contribution in [3.8, 4) is 33.9 Å². The van der Waals surface area contributed by atoms with Crippen LogP contribution in [0.3, 0.4) is 0 Å². The van der Waals surface area contributed by atoms with Crippen molar-refractivity contribution in [3.63, 3.8) is 0 Å². The van der Waals surface area contributed by atoms with Gasteiger partial charge in [-0.3, -0.25) is 15.0 Å². The molecule has 0 atom stereocenters. The van der Waals surface area contributed by atoms with Gasteiger partial charge in [-0.15, -0.1) is 0 Å². The van der Waals surface area contributed by atoms with Gasteiger partial charge in [0.15, 0.2) is 11.5 Å². The summed E-state index contributed by atoms with van der Waals surface area (Å²) in [6.07, 6.45) is 8.04. The van der Waals surface area contributed by atoms with Gasteiger partial charge in [0.1, 0.15) is 17.0 Å². The van der Waals surface area contributed by atoms with Crippen LogP contribution in [-0.4, -0.2) is 48.1 Å². The van der Waals surface area contributed by atoms with Crippen LogP contribution in [-0.2, 0) is 6.54 Å². The van der Waals surface area contributed by atoms with Crippen molar-refractivity contribution in [2.45, 2.75) is 19.4 Å². The van der Waals surface area contributed by atoms with E-state index in [2.05, 4.69) is 36.1 Å². The molecule has 1 fully saturated rings. The smallest absolute Gasteiger partial charge is 0.160 e. The molecule has 33 heavy (non-hydrogen) atoms. The Bertz CT molecular complexity index is 1410. The van der Waals surface area contributed by atoms with E-state index in [4.69, 9.17) is 4.98 Å². The number of aromatic amines is 2. The predicted octanol–water partition coefficient (Wildman–Crippen LogP) is 4.81. The Balaban J connectivity index is 1.31. The standard InChI is InChI=1S/C25H22FN7/c26-19-5-3-17(4-6-19)20-7-8-28-25-23(20)29-24(30-25)22-12-21(31-32-22)18-11-16(13-27-14-18)15-33-9-1-2-10-33/h3-8,11-14H,1-2,9-10,15H2,(H,31,32)(H,28,29,30). The quantitative estimate of drug-likeness (QED) is 0.410. The first-order valence-corrected chi connectivity index (χ1v) is 11.1. The van der Waals surface area contributed by atoms with E-state index in [-0.39, 0.29) is 5.82 Å². The fourth-order valence-electron chi connectivity index (χ4n) is 4.41. The molecule has 6 rings (SSSR count). The third-order valence-electron chi connectivity index (χ3n) is 6.07. The SMILES string of the molecule is Fc1ccc(-c2ccnc3[nH]c(-c4cc(-c5cncc(CN6CCCC6)c5)[nH]n4)nc23)cc1. The highest BCUT2D eigenvalue weighted by Crippen LogP contribution is 2.29. The Morgan fingerprint density at radius 3 is 2.67 bits per heavy atom. The van der Waals surface area contributed by atoms with Gasteiger partial charge in [0, 0.05) is 36.3 Å². The van der Waals surface area contributed by atoms with Crippen LogP contribution in [0.1, 0.15) is 18.4 Å². The second kappa shape index (κ2) is 8.22. The number of nitrogens with zero attached hydrogens (tertiary/aromatic N) is 5. The van der Waals surface area contributed by atoms with Crippen LogP contribution in [0.15, 0.2) is 61.1 Å². The molecule has 0 aliphatic carbocycles. The number of likely N-dealkylation sites (tertiary alicyclic amines) is 1. The molecule has 0 radical (unpaired) electrons. The molecule has 0 spiro atoms. The highest BCUT2D eigenvalue weighted by atomic mass is 19.1. The van der Waals surface area contributed by atoms with Crippen molar-refractivity contribution in [2.24, 2.45) is 0 Å². The summed E-state index contributed by atoms with van der Waals surface area (Å²) in [5, 5.41) is 7.58. The molecular weight excluding hydrogens is 417 g/mol. The second-order valence-electron chi connectivity index (χ2n) is 8.38. The summed E-state index contributed by atoms with van der Waals surface area (Å²) < 4.78 is 13.4. The number of halogens is 1. The molecule has 4 aromatic heterocycles. The summed E-state index contributed by atoms with van der Waals surface area (Å²) in [7, 11) is 0. The van der Waals surface area contributed by atoms with Crippen LogP contribution in [0.5, 0.6) is 0 Å². The third-order valence-corrected chi connectivity index (χ3v) is 6.07. The molecule has 5 aromatic rings. The van der Waals surface area contributed by atoms with Crippen molar-refractivity contribution in [2.75, 3.05) is 13.1 Å². The number of imidazole rings is 1. The fraction of sp³-hybridized carbons (Fsp3) is 0.200. The predicted molar refractivity (Wildman–Crippen MR) is 125 cm³/mol. The first kappa shape index (κ1) is 19.8. The molecule has 7 nitrogen and oxygen atoms in total. The minimum Gasteiger partial charge on any atom is -0.321 e. The number of rotatable bonds is 5. The molecule has 0 amide bonds. The maximum absolute atomic E-state index is 13.4. The van der Waals surface area contributed by atoms with E-state index in [0.717, 1.165) is 47.5 Å². The van der Waals surface area contributed by atoms with E-state index in [9.17, 15) is 4.39 Å². The normalized spacial score (nSPS) is 14.3. The summed E-state index contributed by atoms with van der Waals surface area (Å²) in [6.45, 7) is 3.22. The molecule has 1 aliphatic heterocycles.